The van der Waals surface area contributed by atoms with Crippen LogP contribution in [0.2, 0.25) is 5.02 Å². The number of carboxylic acids is 1. The van der Waals surface area contributed by atoms with Crippen LogP contribution in [0.25, 0.3) is 0 Å². The Morgan fingerprint density at radius 1 is 1.44 bits per heavy atom. The second-order valence-corrected chi connectivity index (χ2v) is 5.72. The fourth-order valence-corrected chi connectivity index (χ4v) is 2.82. The van der Waals surface area contributed by atoms with E-state index in [-0.39, 0.29) is 5.91 Å². The lowest BCUT2D eigenvalue weighted by atomic mass is 10.1. The molecule has 1 fully saturated rings. The van der Waals surface area contributed by atoms with Gasteiger partial charge in [-0.3, -0.25) is 4.79 Å². The molecule has 4 nitrogen and oxygen atoms in total. The van der Waals surface area contributed by atoms with E-state index in [1.165, 1.54) is 4.90 Å². The number of carbonyl (C=O) groups excluding carboxylic acids is 1. The first-order valence-electron chi connectivity index (χ1n) is 5.49. The molecule has 2 rings (SSSR count). The number of aliphatic carboxylic acids is 1. The van der Waals surface area contributed by atoms with Crippen LogP contribution in [0.3, 0.4) is 0 Å². The summed E-state index contributed by atoms with van der Waals surface area (Å²) in [5.74, 6) is -1.20. The number of rotatable bonds is 2. The zero-order valence-electron chi connectivity index (χ0n) is 9.40. The van der Waals surface area contributed by atoms with E-state index in [0.29, 0.717) is 23.6 Å². The maximum Gasteiger partial charge on any atom is 0.326 e. The average molecular weight is 380 g/mol. The molecule has 0 spiro atoms. The highest BCUT2D eigenvalue weighted by Gasteiger charge is 2.34. The number of benzene rings is 1. The number of hydrogen-bond donors (Lipinski definition) is 1. The fourth-order valence-electron chi connectivity index (χ4n) is 2.08. The molecule has 1 aromatic carbocycles. The number of carboxylic acid groups (broad SMARTS) is 1. The number of hydrogen-bond acceptors (Lipinski definition) is 2. The standard InChI is InChI=1S/C12H11ClINO3/c13-7-3-4-9(14)8(6-7)11(16)15-5-1-2-10(15)12(17)18/h3-4,6,10H,1-2,5H2,(H,17,18)/t10-/m1/s1. The number of amides is 1. The molecule has 0 saturated carbocycles. The lowest BCUT2D eigenvalue weighted by Crippen LogP contribution is -2.40. The van der Waals surface area contributed by atoms with Crippen molar-refractivity contribution < 1.29 is 14.7 Å². The Kier molecular flexibility index (Phi) is 4.11. The van der Waals surface area contributed by atoms with Crippen molar-refractivity contribution in [3.05, 3.63) is 32.4 Å². The molecule has 1 aliphatic heterocycles. The van der Waals surface area contributed by atoms with Gasteiger partial charge in [0.15, 0.2) is 0 Å². The first-order valence-corrected chi connectivity index (χ1v) is 6.95. The molecule has 96 valence electrons. The molecule has 1 atom stereocenters. The zero-order chi connectivity index (χ0) is 13.3. The van der Waals surface area contributed by atoms with Gasteiger partial charge < -0.3 is 10.0 Å². The highest BCUT2D eigenvalue weighted by molar-refractivity contribution is 14.1. The predicted octanol–water partition coefficient (Wildman–Crippen LogP) is 2.63. The van der Waals surface area contributed by atoms with Gasteiger partial charge in [0.2, 0.25) is 0 Å². The Morgan fingerprint density at radius 2 is 2.17 bits per heavy atom. The van der Waals surface area contributed by atoms with Crippen LogP contribution in [0.1, 0.15) is 23.2 Å². The minimum absolute atomic E-state index is 0.258. The van der Waals surface area contributed by atoms with Crippen molar-refractivity contribution in [3.8, 4) is 0 Å². The molecule has 1 N–H and O–H groups in total. The number of likely N-dealkylation sites (tertiary alicyclic amines) is 1. The van der Waals surface area contributed by atoms with Crippen LogP contribution in [0.4, 0.5) is 0 Å². The molecule has 1 saturated heterocycles. The molecule has 0 aromatic heterocycles. The third-order valence-corrected chi connectivity index (χ3v) is 4.13. The monoisotopic (exact) mass is 379 g/mol. The average Bonchev–Trinajstić information content (AvgIpc) is 2.80. The third-order valence-electron chi connectivity index (χ3n) is 2.96. The summed E-state index contributed by atoms with van der Waals surface area (Å²) in [6.45, 7) is 0.485. The Hall–Kier alpha value is -0.820. The number of halogens is 2. The smallest absolute Gasteiger partial charge is 0.326 e. The van der Waals surface area contributed by atoms with Gasteiger partial charge in [0.25, 0.3) is 5.91 Å². The van der Waals surface area contributed by atoms with Crippen LogP contribution in [0.5, 0.6) is 0 Å². The van der Waals surface area contributed by atoms with Crippen LogP contribution in [-0.4, -0.2) is 34.5 Å². The van der Waals surface area contributed by atoms with Crippen molar-refractivity contribution in [2.45, 2.75) is 18.9 Å². The maximum atomic E-state index is 12.3. The first kappa shape index (κ1) is 13.6. The van der Waals surface area contributed by atoms with E-state index in [1.807, 2.05) is 22.6 Å². The van der Waals surface area contributed by atoms with E-state index in [4.69, 9.17) is 16.7 Å². The van der Waals surface area contributed by atoms with E-state index < -0.39 is 12.0 Å². The van der Waals surface area contributed by atoms with Crippen molar-refractivity contribution in [1.29, 1.82) is 0 Å². The number of nitrogens with zero attached hydrogens (tertiary/aromatic N) is 1. The summed E-state index contributed by atoms with van der Waals surface area (Å²) in [4.78, 5) is 24.8. The Bertz CT molecular complexity index is 506. The summed E-state index contributed by atoms with van der Waals surface area (Å²) in [5.41, 5.74) is 0.469. The zero-order valence-corrected chi connectivity index (χ0v) is 12.3. The normalized spacial score (nSPS) is 19.0. The van der Waals surface area contributed by atoms with Crippen LogP contribution < -0.4 is 0 Å². The van der Waals surface area contributed by atoms with E-state index >= 15 is 0 Å². The first-order chi connectivity index (χ1) is 8.50. The van der Waals surface area contributed by atoms with Gasteiger partial charge in [-0.05, 0) is 53.6 Å². The van der Waals surface area contributed by atoms with Crippen molar-refractivity contribution in [2.24, 2.45) is 0 Å². The summed E-state index contributed by atoms with van der Waals surface area (Å²) < 4.78 is 0.776. The van der Waals surface area contributed by atoms with Crippen molar-refractivity contribution in [3.63, 3.8) is 0 Å². The van der Waals surface area contributed by atoms with E-state index in [1.54, 1.807) is 18.2 Å². The molecule has 1 amide bonds. The van der Waals surface area contributed by atoms with Gasteiger partial charge in [-0.1, -0.05) is 11.6 Å². The summed E-state index contributed by atoms with van der Waals surface area (Å²) in [5, 5.41) is 9.56. The molecular formula is C12H11ClINO3. The van der Waals surface area contributed by atoms with Gasteiger partial charge in [-0.25, -0.2) is 4.79 Å². The molecule has 18 heavy (non-hydrogen) atoms. The van der Waals surface area contributed by atoms with Crippen molar-refractivity contribution in [2.75, 3.05) is 6.54 Å². The summed E-state index contributed by atoms with van der Waals surface area (Å²) in [6.07, 6.45) is 1.23. The summed E-state index contributed by atoms with van der Waals surface area (Å²) in [6, 6.07) is 4.33. The van der Waals surface area contributed by atoms with Crippen molar-refractivity contribution >= 4 is 46.1 Å². The molecule has 1 aromatic rings. The predicted molar refractivity (Wildman–Crippen MR) is 75.9 cm³/mol. The van der Waals surface area contributed by atoms with Crippen LogP contribution in [0.15, 0.2) is 18.2 Å². The third kappa shape index (κ3) is 2.61. The highest BCUT2D eigenvalue weighted by Crippen LogP contribution is 2.24. The van der Waals surface area contributed by atoms with Gasteiger partial charge in [-0.15, -0.1) is 0 Å². The highest BCUT2D eigenvalue weighted by atomic mass is 127. The topological polar surface area (TPSA) is 57.6 Å². The van der Waals surface area contributed by atoms with Gasteiger partial charge in [-0.2, -0.15) is 0 Å². The van der Waals surface area contributed by atoms with Gasteiger partial charge >= 0.3 is 5.97 Å². The van der Waals surface area contributed by atoms with Gasteiger partial charge in [0.1, 0.15) is 6.04 Å². The minimum Gasteiger partial charge on any atom is -0.480 e. The molecule has 0 radical (unpaired) electrons. The summed E-state index contributed by atoms with van der Waals surface area (Å²) in [7, 11) is 0. The van der Waals surface area contributed by atoms with Crippen LogP contribution >= 0.6 is 34.2 Å². The number of carbonyl (C=O) groups is 2. The summed E-state index contributed by atoms with van der Waals surface area (Å²) >= 11 is 7.93. The maximum absolute atomic E-state index is 12.3. The second-order valence-electron chi connectivity index (χ2n) is 4.12. The quantitative estimate of drug-likeness (QED) is 0.804. The molecule has 1 heterocycles. The lowest BCUT2D eigenvalue weighted by molar-refractivity contribution is -0.141. The van der Waals surface area contributed by atoms with Gasteiger partial charge in [0.05, 0.1) is 5.56 Å². The van der Waals surface area contributed by atoms with E-state index in [0.717, 1.165) is 9.99 Å². The van der Waals surface area contributed by atoms with E-state index in [2.05, 4.69) is 0 Å². The van der Waals surface area contributed by atoms with E-state index in [9.17, 15) is 9.59 Å². The fraction of sp³-hybridized carbons (Fsp3) is 0.333. The molecule has 1 aliphatic rings. The SMILES string of the molecule is O=C(O)[C@H]1CCCN1C(=O)c1cc(Cl)ccc1I. The Balaban J connectivity index is 2.31. The van der Waals surface area contributed by atoms with Crippen LogP contribution in [-0.2, 0) is 4.79 Å². The molecule has 0 bridgehead atoms. The molecule has 0 unspecified atom stereocenters. The van der Waals surface area contributed by atoms with Gasteiger partial charge in [0, 0.05) is 15.1 Å². The Labute approximate surface area is 123 Å². The largest absolute Gasteiger partial charge is 0.480 e. The molecule has 6 heteroatoms. The Morgan fingerprint density at radius 3 is 2.83 bits per heavy atom. The minimum atomic E-state index is -0.946. The van der Waals surface area contributed by atoms with Crippen molar-refractivity contribution in [1.82, 2.24) is 4.90 Å². The molecular weight excluding hydrogens is 368 g/mol. The molecule has 0 aliphatic carbocycles. The van der Waals surface area contributed by atoms with Crippen LogP contribution in [0, 0.1) is 3.57 Å². The second kappa shape index (κ2) is 5.44. The lowest BCUT2D eigenvalue weighted by Gasteiger charge is -2.22.